The van der Waals surface area contributed by atoms with Crippen molar-refractivity contribution in [1.82, 2.24) is 10.2 Å². The fraction of sp³-hybridized carbons (Fsp3) is 0.538. The molecule has 1 aliphatic rings. The first-order valence-electron chi connectivity index (χ1n) is 6.09. The van der Waals surface area contributed by atoms with E-state index in [0.717, 1.165) is 31.6 Å². The number of rotatable bonds is 3. The zero-order valence-electron chi connectivity index (χ0n) is 10.2. The fourth-order valence-corrected chi connectivity index (χ4v) is 2.26. The first-order valence-corrected chi connectivity index (χ1v) is 6.09. The molecule has 0 saturated carbocycles. The average molecular weight is 237 g/mol. The quantitative estimate of drug-likeness (QED) is 0.827. The van der Waals surface area contributed by atoms with E-state index in [-0.39, 0.29) is 11.9 Å². The Bertz CT molecular complexity index is 352. The Kier molecular flexibility index (Phi) is 4.10. The molecule has 3 nitrogen and oxygen atoms in total. The average Bonchev–Trinajstić information content (AvgIpc) is 2.33. The molecule has 0 spiro atoms. The molecular formula is C13H20FN3. The molecule has 2 unspecified atom stereocenters. The number of hydrogen-bond donors (Lipinski definition) is 2. The van der Waals surface area contributed by atoms with E-state index in [2.05, 4.69) is 17.3 Å². The Morgan fingerprint density at radius 1 is 1.47 bits per heavy atom. The van der Waals surface area contributed by atoms with E-state index in [1.165, 1.54) is 12.1 Å². The molecule has 2 atom stereocenters. The maximum atomic E-state index is 12.8. The van der Waals surface area contributed by atoms with E-state index < -0.39 is 0 Å². The predicted octanol–water partition coefficient (Wildman–Crippen LogP) is 1.12. The molecule has 0 bridgehead atoms. The second-order valence-corrected chi connectivity index (χ2v) is 4.73. The van der Waals surface area contributed by atoms with Crippen molar-refractivity contribution < 1.29 is 4.39 Å². The van der Waals surface area contributed by atoms with Crippen LogP contribution >= 0.6 is 0 Å². The highest BCUT2D eigenvalue weighted by molar-refractivity contribution is 5.19. The van der Waals surface area contributed by atoms with Crippen LogP contribution in [0.3, 0.4) is 0 Å². The summed E-state index contributed by atoms with van der Waals surface area (Å²) in [6, 6.07) is 6.93. The van der Waals surface area contributed by atoms with Gasteiger partial charge in [-0.3, -0.25) is 0 Å². The number of nitrogens with two attached hydrogens (primary N) is 1. The van der Waals surface area contributed by atoms with Crippen LogP contribution in [0.25, 0.3) is 0 Å². The van der Waals surface area contributed by atoms with Gasteiger partial charge in [-0.15, -0.1) is 0 Å². The number of benzene rings is 1. The topological polar surface area (TPSA) is 41.3 Å². The molecule has 1 fully saturated rings. The second kappa shape index (κ2) is 5.58. The van der Waals surface area contributed by atoms with Crippen molar-refractivity contribution >= 4 is 0 Å². The van der Waals surface area contributed by atoms with Gasteiger partial charge in [0.05, 0.1) is 0 Å². The van der Waals surface area contributed by atoms with E-state index in [1.54, 1.807) is 12.1 Å². The normalized spacial score (nSPS) is 23.6. The van der Waals surface area contributed by atoms with Gasteiger partial charge in [-0.25, -0.2) is 4.39 Å². The lowest BCUT2D eigenvalue weighted by atomic mass is 9.98. The maximum absolute atomic E-state index is 12.8. The summed E-state index contributed by atoms with van der Waals surface area (Å²) in [6.07, 6.45) is 0.898. The van der Waals surface area contributed by atoms with Gasteiger partial charge in [0.1, 0.15) is 5.82 Å². The number of nitrogens with zero attached hydrogens (tertiary/aromatic N) is 1. The van der Waals surface area contributed by atoms with Crippen LogP contribution < -0.4 is 11.1 Å². The molecule has 0 aromatic heterocycles. The minimum Gasteiger partial charge on any atom is -0.324 e. The Hall–Kier alpha value is -0.970. The summed E-state index contributed by atoms with van der Waals surface area (Å²) in [4.78, 5) is 2.33. The highest BCUT2D eigenvalue weighted by Crippen LogP contribution is 2.19. The Morgan fingerprint density at radius 3 is 2.82 bits per heavy atom. The van der Waals surface area contributed by atoms with Gasteiger partial charge in [0, 0.05) is 31.7 Å². The second-order valence-electron chi connectivity index (χ2n) is 4.73. The molecule has 1 aliphatic heterocycles. The molecule has 1 aromatic carbocycles. The molecule has 3 N–H and O–H groups in total. The third-order valence-electron chi connectivity index (χ3n) is 3.47. The molecule has 1 aromatic rings. The van der Waals surface area contributed by atoms with Crippen molar-refractivity contribution in [3.8, 4) is 0 Å². The van der Waals surface area contributed by atoms with Crippen molar-refractivity contribution in [2.45, 2.75) is 18.5 Å². The van der Waals surface area contributed by atoms with E-state index in [4.69, 9.17) is 5.73 Å². The summed E-state index contributed by atoms with van der Waals surface area (Å²) in [5.41, 5.74) is 7.17. The Morgan fingerprint density at radius 2 is 2.18 bits per heavy atom. The number of piperazine rings is 1. The third-order valence-corrected chi connectivity index (χ3v) is 3.47. The summed E-state index contributed by atoms with van der Waals surface area (Å²) >= 11 is 0. The molecule has 1 saturated heterocycles. The lowest BCUT2D eigenvalue weighted by molar-refractivity contribution is 0.182. The van der Waals surface area contributed by atoms with Gasteiger partial charge in [-0.2, -0.15) is 0 Å². The maximum Gasteiger partial charge on any atom is 0.123 e. The molecule has 2 rings (SSSR count). The summed E-state index contributed by atoms with van der Waals surface area (Å²) in [6.45, 7) is 3.07. The number of halogens is 1. The number of nitrogens with one attached hydrogen (secondary N) is 1. The SMILES string of the molecule is CN1CCNCC1CC(N)c1ccc(F)cc1. The number of likely N-dealkylation sites (N-methyl/N-ethyl adjacent to an activating group) is 1. The molecule has 4 heteroatoms. The Labute approximate surface area is 102 Å². The summed E-state index contributed by atoms with van der Waals surface area (Å²) in [5.74, 6) is -0.211. The summed E-state index contributed by atoms with van der Waals surface area (Å²) < 4.78 is 12.8. The molecule has 0 radical (unpaired) electrons. The first kappa shape index (κ1) is 12.5. The van der Waals surface area contributed by atoms with Crippen LogP contribution in [0.15, 0.2) is 24.3 Å². The van der Waals surface area contributed by atoms with E-state index in [9.17, 15) is 4.39 Å². The van der Waals surface area contributed by atoms with Crippen LogP contribution in [0.2, 0.25) is 0 Å². The lowest BCUT2D eigenvalue weighted by Crippen LogP contribution is -2.50. The van der Waals surface area contributed by atoms with Gasteiger partial charge in [0.25, 0.3) is 0 Å². The fourth-order valence-electron chi connectivity index (χ4n) is 2.26. The van der Waals surface area contributed by atoms with Crippen LogP contribution in [0.4, 0.5) is 4.39 Å². The van der Waals surface area contributed by atoms with Crippen LogP contribution in [-0.4, -0.2) is 37.6 Å². The van der Waals surface area contributed by atoms with Crippen molar-refractivity contribution in [2.24, 2.45) is 5.73 Å². The molecule has 94 valence electrons. The van der Waals surface area contributed by atoms with Crippen molar-refractivity contribution in [3.63, 3.8) is 0 Å². The third kappa shape index (κ3) is 3.25. The van der Waals surface area contributed by atoms with Crippen LogP contribution in [0.1, 0.15) is 18.0 Å². The predicted molar refractivity (Wildman–Crippen MR) is 67.2 cm³/mol. The molecule has 0 amide bonds. The minimum atomic E-state index is -0.211. The van der Waals surface area contributed by atoms with Crippen LogP contribution in [0.5, 0.6) is 0 Å². The molecule has 0 aliphatic carbocycles. The highest BCUT2D eigenvalue weighted by Gasteiger charge is 2.21. The van der Waals surface area contributed by atoms with Gasteiger partial charge >= 0.3 is 0 Å². The summed E-state index contributed by atoms with van der Waals surface area (Å²) in [7, 11) is 2.13. The van der Waals surface area contributed by atoms with Gasteiger partial charge in [0.2, 0.25) is 0 Å². The zero-order valence-corrected chi connectivity index (χ0v) is 10.2. The smallest absolute Gasteiger partial charge is 0.123 e. The minimum absolute atomic E-state index is 0.0250. The zero-order chi connectivity index (χ0) is 12.3. The van der Waals surface area contributed by atoms with Crippen molar-refractivity contribution in [3.05, 3.63) is 35.6 Å². The Balaban J connectivity index is 1.95. The van der Waals surface area contributed by atoms with Crippen LogP contribution in [0, 0.1) is 5.82 Å². The van der Waals surface area contributed by atoms with Crippen molar-refractivity contribution in [1.29, 1.82) is 0 Å². The standard InChI is InChI=1S/C13H20FN3/c1-17-7-6-16-9-12(17)8-13(15)10-2-4-11(14)5-3-10/h2-5,12-13,16H,6-9,15H2,1H3. The van der Waals surface area contributed by atoms with E-state index in [0.29, 0.717) is 6.04 Å². The van der Waals surface area contributed by atoms with Crippen molar-refractivity contribution in [2.75, 3.05) is 26.7 Å². The van der Waals surface area contributed by atoms with Gasteiger partial charge in [-0.1, -0.05) is 12.1 Å². The molecular weight excluding hydrogens is 217 g/mol. The van der Waals surface area contributed by atoms with E-state index in [1.807, 2.05) is 0 Å². The lowest BCUT2D eigenvalue weighted by Gasteiger charge is -2.34. The monoisotopic (exact) mass is 237 g/mol. The molecule has 1 heterocycles. The largest absolute Gasteiger partial charge is 0.324 e. The van der Waals surface area contributed by atoms with Crippen LogP contribution in [-0.2, 0) is 0 Å². The van der Waals surface area contributed by atoms with E-state index >= 15 is 0 Å². The van der Waals surface area contributed by atoms with Gasteiger partial charge < -0.3 is 16.0 Å². The number of hydrogen-bond acceptors (Lipinski definition) is 3. The molecule has 17 heavy (non-hydrogen) atoms. The van der Waals surface area contributed by atoms with Gasteiger partial charge in [0.15, 0.2) is 0 Å². The summed E-state index contributed by atoms with van der Waals surface area (Å²) in [5, 5.41) is 3.37. The first-order chi connectivity index (χ1) is 8.16. The van der Waals surface area contributed by atoms with Gasteiger partial charge in [-0.05, 0) is 31.2 Å². The highest BCUT2D eigenvalue weighted by atomic mass is 19.1.